The maximum absolute atomic E-state index is 13.2. The first-order valence-corrected chi connectivity index (χ1v) is 5.98. The molecule has 1 aliphatic rings. The minimum atomic E-state index is -1.13. The van der Waals surface area contributed by atoms with Crippen molar-refractivity contribution in [3.63, 3.8) is 0 Å². The third-order valence-electron chi connectivity index (χ3n) is 2.53. The van der Waals surface area contributed by atoms with Crippen molar-refractivity contribution in [3.05, 3.63) is 32.2 Å². The Bertz CT molecular complexity index is 367. The summed E-state index contributed by atoms with van der Waals surface area (Å²) in [5, 5.41) is 9.63. The minimum absolute atomic E-state index is 0.405. The van der Waals surface area contributed by atoms with Gasteiger partial charge in [-0.2, -0.15) is 0 Å². The van der Waals surface area contributed by atoms with Crippen molar-refractivity contribution in [2.24, 2.45) is 0 Å². The maximum atomic E-state index is 13.2. The van der Waals surface area contributed by atoms with Gasteiger partial charge in [-0.25, -0.2) is 4.39 Å². The molecule has 0 saturated heterocycles. The molecule has 0 bridgehead atoms. The molecule has 4 heteroatoms. The van der Waals surface area contributed by atoms with Crippen molar-refractivity contribution in [3.8, 4) is 0 Å². The molecule has 0 radical (unpaired) electrons. The Morgan fingerprint density at radius 1 is 1.29 bits per heavy atom. The van der Waals surface area contributed by atoms with Crippen molar-refractivity contribution < 1.29 is 9.50 Å². The van der Waals surface area contributed by atoms with Crippen LogP contribution in [0, 0.1) is 0 Å². The summed E-state index contributed by atoms with van der Waals surface area (Å²) >= 11 is 6.73. The predicted molar refractivity (Wildman–Crippen MR) is 60.0 cm³/mol. The number of benzene rings is 1. The molecule has 0 spiro atoms. The number of aryl methyl sites for hydroxylation is 1. The Balaban J connectivity index is 2.50. The van der Waals surface area contributed by atoms with Crippen LogP contribution in [0.3, 0.4) is 0 Å². The second-order valence-electron chi connectivity index (χ2n) is 3.46. The van der Waals surface area contributed by atoms with Crippen LogP contribution in [0.5, 0.6) is 0 Å². The van der Waals surface area contributed by atoms with Crippen LogP contribution in [0.25, 0.3) is 0 Å². The Morgan fingerprint density at radius 3 is 2.64 bits per heavy atom. The van der Waals surface area contributed by atoms with Gasteiger partial charge in [0.1, 0.15) is 12.3 Å². The molecule has 1 aliphatic carbocycles. The van der Waals surface area contributed by atoms with Crippen LogP contribution in [-0.4, -0.2) is 11.3 Å². The average Bonchev–Trinajstić information content (AvgIpc) is 2.15. The summed E-state index contributed by atoms with van der Waals surface area (Å²) in [6.07, 6.45) is -1.000. The fraction of sp³-hybridized carbons (Fsp3) is 0.400. The molecular formula is C10H9Br2FO. The number of halogens is 3. The van der Waals surface area contributed by atoms with Gasteiger partial charge >= 0.3 is 0 Å². The lowest BCUT2D eigenvalue weighted by Crippen LogP contribution is -2.21. The highest BCUT2D eigenvalue weighted by Gasteiger charge is 2.28. The van der Waals surface area contributed by atoms with Gasteiger partial charge in [-0.05, 0) is 68.0 Å². The van der Waals surface area contributed by atoms with E-state index in [1.54, 1.807) is 6.07 Å². The van der Waals surface area contributed by atoms with Crippen LogP contribution in [0.1, 0.15) is 23.7 Å². The summed E-state index contributed by atoms with van der Waals surface area (Å²) in [6, 6.07) is 3.73. The van der Waals surface area contributed by atoms with E-state index < -0.39 is 12.3 Å². The molecule has 14 heavy (non-hydrogen) atoms. The van der Waals surface area contributed by atoms with Crippen molar-refractivity contribution >= 4 is 31.9 Å². The SMILES string of the molecule is O[C@@H]1c2cc(Br)c(Br)cc2CC[C@H]1F. The van der Waals surface area contributed by atoms with Gasteiger partial charge in [-0.15, -0.1) is 0 Å². The van der Waals surface area contributed by atoms with Gasteiger partial charge in [-0.3, -0.25) is 0 Å². The fourth-order valence-electron chi connectivity index (χ4n) is 1.74. The molecule has 0 saturated carbocycles. The summed E-state index contributed by atoms with van der Waals surface area (Å²) < 4.78 is 15.0. The first kappa shape index (κ1) is 10.6. The lowest BCUT2D eigenvalue weighted by molar-refractivity contribution is 0.0642. The molecule has 2 atom stereocenters. The van der Waals surface area contributed by atoms with E-state index in [1.807, 2.05) is 6.07 Å². The Hall–Kier alpha value is 0.0700. The van der Waals surface area contributed by atoms with Crippen molar-refractivity contribution in [2.45, 2.75) is 25.1 Å². The van der Waals surface area contributed by atoms with Crippen LogP contribution < -0.4 is 0 Å². The second kappa shape index (κ2) is 3.91. The molecule has 0 aromatic heterocycles. The minimum Gasteiger partial charge on any atom is -0.385 e. The Morgan fingerprint density at radius 2 is 1.93 bits per heavy atom. The smallest absolute Gasteiger partial charge is 0.130 e. The predicted octanol–water partition coefficient (Wildman–Crippen LogP) is 3.53. The zero-order valence-corrected chi connectivity index (χ0v) is 10.5. The molecular weight excluding hydrogens is 315 g/mol. The summed E-state index contributed by atoms with van der Waals surface area (Å²) in [5.41, 5.74) is 1.74. The Labute approximate surface area is 98.6 Å². The topological polar surface area (TPSA) is 20.2 Å². The summed E-state index contributed by atoms with van der Waals surface area (Å²) in [7, 11) is 0. The molecule has 0 unspecified atom stereocenters. The molecule has 1 N–H and O–H groups in total. The summed E-state index contributed by atoms with van der Waals surface area (Å²) in [4.78, 5) is 0. The summed E-state index contributed by atoms with van der Waals surface area (Å²) in [6.45, 7) is 0. The van der Waals surface area contributed by atoms with Gasteiger partial charge in [0.25, 0.3) is 0 Å². The van der Waals surface area contributed by atoms with E-state index in [-0.39, 0.29) is 0 Å². The maximum Gasteiger partial charge on any atom is 0.130 e. The highest BCUT2D eigenvalue weighted by molar-refractivity contribution is 9.13. The zero-order chi connectivity index (χ0) is 10.3. The number of hydrogen-bond acceptors (Lipinski definition) is 1. The van der Waals surface area contributed by atoms with E-state index in [2.05, 4.69) is 31.9 Å². The van der Waals surface area contributed by atoms with Crippen molar-refractivity contribution in [1.29, 1.82) is 0 Å². The van der Waals surface area contributed by atoms with E-state index in [4.69, 9.17) is 0 Å². The van der Waals surface area contributed by atoms with Crippen molar-refractivity contribution in [1.82, 2.24) is 0 Å². The number of fused-ring (bicyclic) bond motifs is 1. The molecule has 1 nitrogen and oxygen atoms in total. The summed E-state index contributed by atoms with van der Waals surface area (Å²) in [5.74, 6) is 0. The van der Waals surface area contributed by atoms with Gasteiger partial charge in [0.05, 0.1) is 0 Å². The van der Waals surface area contributed by atoms with E-state index in [9.17, 15) is 9.50 Å². The molecule has 0 heterocycles. The second-order valence-corrected chi connectivity index (χ2v) is 5.17. The number of rotatable bonds is 0. The molecule has 0 fully saturated rings. The van der Waals surface area contributed by atoms with Gasteiger partial charge in [-0.1, -0.05) is 0 Å². The fourth-order valence-corrected chi connectivity index (χ4v) is 2.49. The Kier molecular flexibility index (Phi) is 2.96. The third kappa shape index (κ3) is 1.75. The van der Waals surface area contributed by atoms with Gasteiger partial charge in [0.2, 0.25) is 0 Å². The highest BCUT2D eigenvalue weighted by Crippen LogP contribution is 2.36. The van der Waals surface area contributed by atoms with E-state index in [0.717, 1.165) is 14.5 Å². The number of hydrogen-bond donors (Lipinski definition) is 1. The standard InChI is InChI=1S/C10H9Br2FO/c11-7-3-5-1-2-9(13)10(14)6(5)4-8(7)12/h3-4,9-10,14H,1-2H2/t9-,10-/m1/s1. The first-order valence-electron chi connectivity index (χ1n) is 4.39. The molecule has 2 rings (SSSR count). The van der Waals surface area contributed by atoms with Crippen LogP contribution in [0.15, 0.2) is 21.1 Å². The lowest BCUT2D eigenvalue weighted by atomic mass is 9.88. The van der Waals surface area contributed by atoms with Crippen molar-refractivity contribution in [2.75, 3.05) is 0 Å². The quantitative estimate of drug-likeness (QED) is 0.774. The highest BCUT2D eigenvalue weighted by atomic mass is 79.9. The van der Waals surface area contributed by atoms with Crippen LogP contribution in [0.2, 0.25) is 0 Å². The third-order valence-corrected chi connectivity index (χ3v) is 4.38. The lowest BCUT2D eigenvalue weighted by Gasteiger charge is -2.25. The van der Waals surface area contributed by atoms with Crippen LogP contribution in [0.4, 0.5) is 4.39 Å². The van der Waals surface area contributed by atoms with E-state index in [0.29, 0.717) is 18.4 Å². The first-order chi connectivity index (χ1) is 6.59. The average molecular weight is 324 g/mol. The van der Waals surface area contributed by atoms with Gasteiger partial charge < -0.3 is 5.11 Å². The normalized spacial score (nSPS) is 26.0. The molecule has 0 aliphatic heterocycles. The van der Waals surface area contributed by atoms with Gasteiger partial charge in [0.15, 0.2) is 0 Å². The number of alkyl halides is 1. The van der Waals surface area contributed by atoms with E-state index >= 15 is 0 Å². The largest absolute Gasteiger partial charge is 0.385 e. The van der Waals surface area contributed by atoms with Crippen LogP contribution in [-0.2, 0) is 6.42 Å². The monoisotopic (exact) mass is 322 g/mol. The number of aliphatic hydroxyl groups is 1. The van der Waals surface area contributed by atoms with Gasteiger partial charge in [0, 0.05) is 8.95 Å². The molecule has 0 amide bonds. The zero-order valence-electron chi connectivity index (χ0n) is 7.30. The molecule has 1 aromatic rings. The molecule has 76 valence electrons. The number of aliphatic hydroxyl groups excluding tert-OH is 1. The van der Waals surface area contributed by atoms with Crippen LogP contribution >= 0.6 is 31.9 Å². The molecule has 1 aromatic carbocycles. The van der Waals surface area contributed by atoms with E-state index in [1.165, 1.54) is 0 Å².